The molecule has 0 spiro atoms. The number of urea groups is 1. The van der Waals surface area contributed by atoms with E-state index in [1.54, 1.807) is 0 Å². The summed E-state index contributed by atoms with van der Waals surface area (Å²) >= 11 is 1.47. The van der Waals surface area contributed by atoms with Crippen molar-refractivity contribution in [3.8, 4) is 16.2 Å². The molecule has 0 unspecified atom stereocenters. The second kappa shape index (κ2) is 9.21. The number of amides is 2. The van der Waals surface area contributed by atoms with E-state index in [2.05, 4.69) is 41.5 Å². The number of primary amides is 1. The minimum Gasteiger partial charge on any atom is -0.492 e. The molecule has 140 valence electrons. The van der Waals surface area contributed by atoms with Gasteiger partial charge in [-0.05, 0) is 36.9 Å². The number of carbonyl (C=O) groups excluding carboxylic acids is 1. The van der Waals surface area contributed by atoms with Crippen LogP contribution in [0.1, 0.15) is 5.56 Å². The quantitative estimate of drug-likeness (QED) is 0.607. The lowest BCUT2D eigenvalue weighted by Gasteiger charge is -2.18. The first-order valence-electron chi connectivity index (χ1n) is 8.73. The van der Waals surface area contributed by atoms with E-state index in [-0.39, 0.29) is 0 Å². The molecule has 0 aliphatic carbocycles. The van der Waals surface area contributed by atoms with Crippen LogP contribution in [0.2, 0.25) is 0 Å². The van der Waals surface area contributed by atoms with Crippen molar-refractivity contribution >= 4 is 22.4 Å². The highest BCUT2D eigenvalue weighted by atomic mass is 32.1. The van der Waals surface area contributed by atoms with Crippen LogP contribution in [0.3, 0.4) is 0 Å². The molecule has 27 heavy (non-hydrogen) atoms. The minimum atomic E-state index is -0.561. The van der Waals surface area contributed by atoms with Crippen LogP contribution in [0.4, 0.5) is 9.80 Å². The van der Waals surface area contributed by atoms with Crippen molar-refractivity contribution in [1.29, 1.82) is 0 Å². The molecule has 0 radical (unpaired) electrons. The average Bonchev–Trinajstić information content (AvgIpc) is 3.10. The first kappa shape index (κ1) is 18.9. The van der Waals surface area contributed by atoms with Gasteiger partial charge in [0.05, 0.1) is 5.00 Å². The number of nitrogens with two attached hydrogens (primary N) is 1. The van der Waals surface area contributed by atoms with Crippen LogP contribution >= 0.6 is 11.3 Å². The molecule has 0 aliphatic rings. The molecule has 0 saturated heterocycles. The molecule has 1 heterocycles. The SMILES string of the molecule is CN(CCOc1ccccc1-c1ccc(NC(N)=O)s1)Cc1ccccc1. The number of thiophene rings is 1. The van der Waals surface area contributed by atoms with E-state index in [0.717, 1.165) is 34.3 Å². The molecule has 5 nitrogen and oxygen atoms in total. The highest BCUT2D eigenvalue weighted by Gasteiger charge is 2.10. The molecule has 0 aliphatic heterocycles. The zero-order valence-electron chi connectivity index (χ0n) is 15.2. The molecule has 2 amide bonds. The summed E-state index contributed by atoms with van der Waals surface area (Å²) in [4.78, 5) is 14.3. The Bertz CT molecular complexity index is 880. The first-order valence-corrected chi connectivity index (χ1v) is 9.54. The highest BCUT2D eigenvalue weighted by Crippen LogP contribution is 2.36. The summed E-state index contributed by atoms with van der Waals surface area (Å²) in [6.45, 7) is 2.30. The number of hydrogen-bond acceptors (Lipinski definition) is 4. The zero-order chi connectivity index (χ0) is 19.1. The Morgan fingerprint density at radius 2 is 1.81 bits per heavy atom. The fourth-order valence-corrected chi connectivity index (χ4v) is 3.69. The topological polar surface area (TPSA) is 67.6 Å². The predicted molar refractivity (Wildman–Crippen MR) is 111 cm³/mol. The fraction of sp³-hybridized carbons (Fsp3) is 0.190. The number of nitrogens with one attached hydrogen (secondary N) is 1. The van der Waals surface area contributed by atoms with Gasteiger partial charge in [-0.3, -0.25) is 10.2 Å². The van der Waals surface area contributed by atoms with Crippen LogP contribution in [-0.2, 0) is 6.54 Å². The van der Waals surface area contributed by atoms with Gasteiger partial charge in [0.1, 0.15) is 12.4 Å². The van der Waals surface area contributed by atoms with Gasteiger partial charge < -0.3 is 10.5 Å². The molecule has 6 heteroatoms. The number of rotatable bonds is 8. The molecule has 0 bridgehead atoms. The molecule has 0 atom stereocenters. The predicted octanol–water partition coefficient (Wildman–Crippen LogP) is 4.42. The van der Waals surface area contributed by atoms with Crippen molar-refractivity contribution in [3.05, 3.63) is 72.3 Å². The van der Waals surface area contributed by atoms with Gasteiger partial charge in [-0.2, -0.15) is 0 Å². The van der Waals surface area contributed by atoms with Gasteiger partial charge in [-0.1, -0.05) is 42.5 Å². The summed E-state index contributed by atoms with van der Waals surface area (Å²) in [5, 5.41) is 3.32. The van der Waals surface area contributed by atoms with Crippen LogP contribution in [0.15, 0.2) is 66.7 Å². The fourth-order valence-electron chi connectivity index (χ4n) is 2.75. The third-order valence-electron chi connectivity index (χ3n) is 4.03. The number of benzene rings is 2. The highest BCUT2D eigenvalue weighted by molar-refractivity contribution is 7.19. The Labute approximate surface area is 163 Å². The van der Waals surface area contributed by atoms with E-state index < -0.39 is 6.03 Å². The van der Waals surface area contributed by atoms with Crippen LogP contribution in [0.5, 0.6) is 5.75 Å². The summed E-state index contributed by atoms with van der Waals surface area (Å²) in [5.74, 6) is 0.832. The molecule has 0 fully saturated rings. The molecular weight excluding hydrogens is 358 g/mol. The maximum absolute atomic E-state index is 11.0. The lowest BCUT2D eigenvalue weighted by Crippen LogP contribution is -2.23. The molecule has 2 aromatic carbocycles. The van der Waals surface area contributed by atoms with Crippen molar-refractivity contribution in [2.24, 2.45) is 5.73 Å². The summed E-state index contributed by atoms with van der Waals surface area (Å²) < 4.78 is 6.04. The van der Waals surface area contributed by atoms with Gasteiger partial charge in [-0.15, -0.1) is 11.3 Å². The van der Waals surface area contributed by atoms with Crippen molar-refractivity contribution in [3.63, 3.8) is 0 Å². The third kappa shape index (κ3) is 5.57. The van der Waals surface area contributed by atoms with Gasteiger partial charge in [0.2, 0.25) is 0 Å². The van der Waals surface area contributed by atoms with E-state index >= 15 is 0 Å². The van der Waals surface area contributed by atoms with Gasteiger partial charge in [-0.25, -0.2) is 4.79 Å². The Hall–Kier alpha value is -2.83. The molecular formula is C21H23N3O2S. The number of likely N-dealkylation sites (N-methyl/N-ethyl adjacent to an activating group) is 1. The second-order valence-corrected chi connectivity index (χ2v) is 7.30. The van der Waals surface area contributed by atoms with Crippen LogP contribution in [-0.4, -0.2) is 31.1 Å². The van der Waals surface area contributed by atoms with E-state index in [1.165, 1.54) is 16.9 Å². The zero-order valence-corrected chi connectivity index (χ0v) is 16.0. The van der Waals surface area contributed by atoms with Crippen molar-refractivity contribution in [2.45, 2.75) is 6.54 Å². The standard InChI is InChI=1S/C21H23N3O2S/c1-24(15-16-7-3-2-4-8-16)13-14-26-18-10-6-5-9-17(18)19-11-12-20(27-19)23-21(22)25/h2-12H,13-15H2,1H3,(H3,22,23,25). The van der Waals surface area contributed by atoms with Crippen molar-refractivity contribution < 1.29 is 9.53 Å². The lowest BCUT2D eigenvalue weighted by molar-refractivity contribution is 0.233. The molecule has 3 N–H and O–H groups in total. The second-order valence-electron chi connectivity index (χ2n) is 6.22. The summed E-state index contributed by atoms with van der Waals surface area (Å²) in [6.07, 6.45) is 0. The Balaban J connectivity index is 1.59. The van der Waals surface area contributed by atoms with E-state index in [0.29, 0.717) is 6.61 Å². The lowest BCUT2D eigenvalue weighted by atomic mass is 10.1. The number of hydrogen-bond donors (Lipinski definition) is 2. The monoisotopic (exact) mass is 381 g/mol. The van der Waals surface area contributed by atoms with Crippen molar-refractivity contribution in [1.82, 2.24) is 4.90 Å². The van der Waals surface area contributed by atoms with Gasteiger partial charge in [0, 0.05) is 23.5 Å². The van der Waals surface area contributed by atoms with Crippen molar-refractivity contribution in [2.75, 3.05) is 25.5 Å². The Morgan fingerprint density at radius 3 is 2.59 bits per heavy atom. The van der Waals surface area contributed by atoms with E-state index in [4.69, 9.17) is 10.5 Å². The van der Waals surface area contributed by atoms with Crippen LogP contribution in [0, 0.1) is 0 Å². The largest absolute Gasteiger partial charge is 0.492 e. The summed E-state index contributed by atoms with van der Waals surface area (Å²) in [7, 11) is 2.09. The summed E-state index contributed by atoms with van der Waals surface area (Å²) in [5.41, 5.74) is 7.47. The molecule has 3 aromatic rings. The van der Waals surface area contributed by atoms with Crippen LogP contribution < -0.4 is 15.8 Å². The average molecular weight is 382 g/mol. The van der Waals surface area contributed by atoms with Gasteiger partial charge in [0.25, 0.3) is 0 Å². The number of nitrogens with zero attached hydrogens (tertiary/aromatic N) is 1. The normalized spacial score (nSPS) is 10.7. The van der Waals surface area contributed by atoms with Crippen LogP contribution in [0.25, 0.3) is 10.4 Å². The molecule has 3 rings (SSSR count). The minimum absolute atomic E-state index is 0.561. The molecule has 0 saturated carbocycles. The van der Waals surface area contributed by atoms with E-state index in [9.17, 15) is 4.79 Å². The number of anilines is 1. The maximum Gasteiger partial charge on any atom is 0.317 e. The van der Waals surface area contributed by atoms with E-state index in [1.807, 2.05) is 42.5 Å². The van der Waals surface area contributed by atoms with Gasteiger partial charge >= 0.3 is 6.03 Å². The molecule has 1 aromatic heterocycles. The Kier molecular flexibility index (Phi) is 6.46. The Morgan fingerprint density at radius 1 is 1.07 bits per heavy atom. The number of para-hydroxylation sites is 1. The third-order valence-corrected chi connectivity index (χ3v) is 5.06. The van der Waals surface area contributed by atoms with Gasteiger partial charge in [0.15, 0.2) is 0 Å². The maximum atomic E-state index is 11.0. The number of ether oxygens (including phenoxy) is 1. The smallest absolute Gasteiger partial charge is 0.317 e. The first-order chi connectivity index (χ1) is 13.1. The number of carbonyl (C=O) groups is 1. The summed E-state index contributed by atoms with van der Waals surface area (Å²) in [6, 6.07) is 21.5.